The zero-order valence-corrected chi connectivity index (χ0v) is 51.3. The molecule has 0 bridgehead atoms. The number of nitrogens with one attached hydrogen (secondary N) is 3. The first-order valence-electron chi connectivity index (χ1n) is 29.7. The molecule has 5 N–H and O–H groups in total. The number of sulfonamides is 2. The second kappa shape index (κ2) is 32.1. The zero-order valence-electron chi connectivity index (χ0n) is 49.7. The highest BCUT2D eigenvalue weighted by molar-refractivity contribution is 7.89. The molecule has 458 valence electrons. The number of hydrogen-bond acceptors (Lipinski definition) is 14. The zero-order chi connectivity index (χ0) is 60.9. The molecule has 2 saturated heterocycles. The van der Waals surface area contributed by atoms with Gasteiger partial charge in [-0.1, -0.05) is 75.6 Å². The number of ether oxygens (including phenoxy) is 4. The van der Waals surface area contributed by atoms with Gasteiger partial charge in [0.15, 0.2) is 0 Å². The summed E-state index contributed by atoms with van der Waals surface area (Å²) < 4.78 is 79.2. The van der Waals surface area contributed by atoms with Crippen LogP contribution in [0.15, 0.2) is 94.7 Å². The molecule has 2 saturated carbocycles. The lowest BCUT2D eigenvalue weighted by molar-refractivity contribution is -0.148. The molecule has 2 atom stereocenters. The maximum absolute atomic E-state index is 13.3. The van der Waals surface area contributed by atoms with Crippen molar-refractivity contribution in [3.8, 4) is 23.7 Å². The fraction of sp³-hybridized carbons (Fsp3) is 0.508. The number of rotatable bonds is 21. The monoisotopic (exact) mass is 1200 g/mol. The van der Waals surface area contributed by atoms with Gasteiger partial charge >= 0.3 is 0 Å². The largest absolute Gasteiger partial charge is 0.468 e. The molecule has 2 aliphatic carbocycles. The van der Waals surface area contributed by atoms with Crippen LogP contribution in [0.25, 0.3) is 0 Å². The van der Waals surface area contributed by atoms with Crippen LogP contribution in [0, 0.1) is 47.4 Å². The molecule has 85 heavy (non-hydrogen) atoms. The van der Waals surface area contributed by atoms with E-state index in [1.54, 1.807) is 31.3 Å². The lowest BCUT2D eigenvalue weighted by Crippen LogP contribution is -2.53. The SMILES string of the molecule is CC(C)[C@H]1COCCN1C(=O)C1CCC(NS(=O)(=O)c2ccc(C#Cc3ccc(CCCOC=O)cc3)c(N)c2)CC1.CNc1cc(S(=O)(=O)NC2CCC(C(=O)N3CCOC[C@@H]3C(C)C)CC2)ccc1C#Cc1ccc(CCCOC=O)cc1. The maximum atomic E-state index is 13.3. The molecule has 4 aliphatic rings. The van der Waals surface area contributed by atoms with Crippen LogP contribution in [0.4, 0.5) is 11.4 Å². The number of carbonyl (C=O) groups is 4. The van der Waals surface area contributed by atoms with Gasteiger partial charge in [-0.3, -0.25) is 19.2 Å². The first kappa shape index (κ1) is 65.8. The molecule has 20 heteroatoms. The van der Waals surface area contributed by atoms with Gasteiger partial charge < -0.3 is 39.8 Å². The van der Waals surface area contributed by atoms with Crippen molar-refractivity contribution in [2.24, 2.45) is 23.7 Å². The first-order valence-corrected chi connectivity index (χ1v) is 32.7. The molecule has 0 aromatic heterocycles. The summed E-state index contributed by atoms with van der Waals surface area (Å²) in [5, 5.41) is 3.07. The predicted molar refractivity (Wildman–Crippen MR) is 327 cm³/mol. The van der Waals surface area contributed by atoms with Crippen molar-refractivity contribution in [2.45, 2.75) is 139 Å². The maximum Gasteiger partial charge on any atom is 0.293 e. The Labute approximate surface area is 503 Å². The van der Waals surface area contributed by atoms with Gasteiger partial charge in [0.25, 0.3) is 12.9 Å². The van der Waals surface area contributed by atoms with Crippen molar-refractivity contribution >= 4 is 56.2 Å². The molecule has 18 nitrogen and oxygen atoms in total. The van der Waals surface area contributed by atoms with E-state index in [-0.39, 0.29) is 63.3 Å². The lowest BCUT2D eigenvalue weighted by atomic mass is 9.85. The van der Waals surface area contributed by atoms with Crippen molar-refractivity contribution in [1.29, 1.82) is 0 Å². The summed E-state index contributed by atoms with van der Waals surface area (Å²) in [6.45, 7) is 13.6. The number of amides is 2. The standard InChI is InChI=1S/C33H43N3O6S.C32H41N3O6S/c1-24(2)32-22-41-20-18-36(32)33(38)28-12-15-29(16-13-28)35-43(39,40)30-17-14-27(31(21-30)34-3)11-10-26-8-6-25(7-9-26)5-4-19-42-23-37;1-23(2)31-21-40-19-17-35(31)32(37)27-11-14-28(15-12-27)34-42(38,39)29-16-13-26(30(33)20-29)10-9-25-7-5-24(6-8-25)4-3-18-41-22-36/h6-9,14,17,21,23-24,28-29,32,34-35H,4-5,12-13,15-16,18-20,22H2,1-3H3;5-8,13,16,20,22-23,27-28,31,34H,3-4,11-12,14-15,17-19,21,33H2,1-2H3/t28?,29?,32-;27?,28?,31-/m11/s1. The van der Waals surface area contributed by atoms with Crippen molar-refractivity contribution in [2.75, 3.05) is 70.8 Å². The minimum Gasteiger partial charge on any atom is -0.468 e. The van der Waals surface area contributed by atoms with E-state index in [1.807, 2.05) is 58.3 Å². The number of nitrogen functional groups attached to an aromatic ring is 1. The van der Waals surface area contributed by atoms with E-state index in [4.69, 9.17) is 24.7 Å². The van der Waals surface area contributed by atoms with Crippen LogP contribution in [0.5, 0.6) is 0 Å². The molecular formula is C65H84N6O12S2. The van der Waals surface area contributed by atoms with E-state index in [2.05, 4.69) is 66.1 Å². The molecule has 2 amide bonds. The minimum absolute atomic E-state index is 0.0759. The molecule has 8 rings (SSSR count). The third-order valence-electron chi connectivity index (χ3n) is 16.3. The highest BCUT2D eigenvalue weighted by Gasteiger charge is 2.38. The number of anilines is 2. The summed E-state index contributed by atoms with van der Waals surface area (Å²) >= 11 is 0. The molecule has 4 fully saturated rings. The summed E-state index contributed by atoms with van der Waals surface area (Å²) in [5.74, 6) is 13.2. The number of nitrogens with two attached hydrogens (primary N) is 1. The lowest BCUT2D eigenvalue weighted by Gasteiger charge is -2.41. The molecule has 0 unspecified atom stereocenters. The molecule has 4 aromatic rings. The molecule has 2 heterocycles. The summed E-state index contributed by atoms with van der Waals surface area (Å²) in [6, 6.07) is 24.9. The van der Waals surface area contributed by atoms with Gasteiger partial charge in [-0.2, -0.15) is 0 Å². The Bertz CT molecular complexity index is 3230. The van der Waals surface area contributed by atoms with Crippen LogP contribution >= 0.6 is 0 Å². The first-order chi connectivity index (χ1) is 40.9. The van der Waals surface area contributed by atoms with E-state index in [0.29, 0.717) is 146 Å². The molecule has 4 aromatic carbocycles. The Balaban J connectivity index is 0.000000244. The van der Waals surface area contributed by atoms with Crippen molar-refractivity contribution in [1.82, 2.24) is 19.2 Å². The Morgan fingerprint density at radius 2 is 1.01 bits per heavy atom. The molecule has 2 aliphatic heterocycles. The molecular weight excluding hydrogens is 1120 g/mol. The van der Waals surface area contributed by atoms with E-state index in [9.17, 15) is 36.0 Å². The van der Waals surface area contributed by atoms with E-state index in [0.717, 1.165) is 47.9 Å². The predicted octanol–water partition coefficient (Wildman–Crippen LogP) is 7.45. The third-order valence-corrected chi connectivity index (χ3v) is 19.4. The van der Waals surface area contributed by atoms with Gasteiger partial charge in [0.2, 0.25) is 31.9 Å². The van der Waals surface area contributed by atoms with Gasteiger partial charge in [0, 0.05) is 72.0 Å². The quantitative estimate of drug-likeness (QED) is 0.0274. The van der Waals surface area contributed by atoms with Crippen LogP contribution < -0.4 is 20.5 Å². The normalized spacial score (nSPS) is 20.8. The smallest absolute Gasteiger partial charge is 0.293 e. The number of aryl methyl sites for hydroxylation is 2. The van der Waals surface area contributed by atoms with Crippen LogP contribution in [0.2, 0.25) is 0 Å². The summed E-state index contributed by atoms with van der Waals surface area (Å²) in [4.78, 5) is 51.3. The van der Waals surface area contributed by atoms with Gasteiger partial charge in [0.05, 0.1) is 67.2 Å². The van der Waals surface area contributed by atoms with Gasteiger partial charge in [-0.25, -0.2) is 26.3 Å². The van der Waals surface area contributed by atoms with Crippen LogP contribution in [-0.4, -0.2) is 135 Å². The van der Waals surface area contributed by atoms with Crippen molar-refractivity contribution < 1.29 is 55.0 Å². The van der Waals surface area contributed by atoms with E-state index >= 15 is 0 Å². The van der Waals surface area contributed by atoms with Crippen molar-refractivity contribution in [3.63, 3.8) is 0 Å². The fourth-order valence-electron chi connectivity index (χ4n) is 11.3. The Morgan fingerprint density at radius 3 is 1.41 bits per heavy atom. The second-order valence-corrected chi connectivity index (χ2v) is 26.3. The Hall–Kier alpha value is -6.78. The van der Waals surface area contributed by atoms with Crippen LogP contribution in [0.3, 0.4) is 0 Å². The third kappa shape index (κ3) is 19.1. The fourth-order valence-corrected chi connectivity index (χ4v) is 14.0. The number of morpholine rings is 2. The summed E-state index contributed by atoms with van der Waals surface area (Å²) in [5.41, 5.74) is 12.3. The number of nitrogens with zero attached hydrogens (tertiary/aromatic N) is 2. The van der Waals surface area contributed by atoms with E-state index in [1.165, 1.54) is 12.1 Å². The number of hydrogen-bond donors (Lipinski definition) is 4. The summed E-state index contributed by atoms with van der Waals surface area (Å²) in [7, 11) is -5.79. The van der Waals surface area contributed by atoms with Crippen LogP contribution in [0.1, 0.15) is 125 Å². The molecule has 0 spiro atoms. The summed E-state index contributed by atoms with van der Waals surface area (Å²) in [6.07, 6.45) is 8.22. The number of carbonyl (C=O) groups excluding carboxylic acids is 4. The highest BCUT2D eigenvalue weighted by Crippen LogP contribution is 2.32. The van der Waals surface area contributed by atoms with Gasteiger partial charge in [0.1, 0.15) is 0 Å². The number of benzene rings is 4. The Morgan fingerprint density at radius 1 is 0.600 bits per heavy atom. The van der Waals surface area contributed by atoms with Gasteiger partial charge in [-0.15, -0.1) is 0 Å². The van der Waals surface area contributed by atoms with Crippen molar-refractivity contribution in [3.05, 3.63) is 118 Å². The second-order valence-electron chi connectivity index (χ2n) is 22.9. The minimum atomic E-state index is -3.78. The van der Waals surface area contributed by atoms with E-state index < -0.39 is 20.0 Å². The topological polar surface area (TPSA) is 242 Å². The average Bonchev–Trinajstić information content (AvgIpc) is 2.95. The molecule has 0 radical (unpaired) electrons. The van der Waals surface area contributed by atoms with Crippen LogP contribution in [-0.2, 0) is 71.0 Å². The highest BCUT2D eigenvalue weighted by atomic mass is 32.2. The average molecular weight is 1210 g/mol. The van der Waals surface area contributed by atoms with Gasteiger partial charge in [-0.05, 0) is 161 Å². The Kier molecular flexibility index (Phi) is 24.8.